The Balaban J connectivity index is 1.41. The van der Waals surface area contributed by atoms with E-state index in [2.05, 4.69) is 10.3 Å². The molecule has 1 aliphatic carbocycles. The molecule has 3 heterocycles. The quantitative estimate of drug-likeness (QED) is 0.647. The summed E-state index contributed by atoms with van der Waals surface area (Å²) in [5, 5.41) is 2.88. The first-order chi connectivity index (χ1) is 15.8. The Hall–Kier alpha value is -3.17. The van der Waals surface area contributed by atoms with Crippen molar-refractivity contribution in [2.75, 3.05) is 16.8 Å². The summed E-state index contributed by atoms with van der Waals surface area (Å²) in [6, 6.07) is 7.95. The van der Waals surface area contributed by atoms with E-state index in [4.69, 9.17) is 27.9 Å². The molecule has 1 saturated heterocycles. The number of amides is 3. The number of carbonyl (C=O) groups excluding carboxylic acids is 4. The summed E-state index contributed by atoms with van der Waals surface area (Å²) in [5.74, 6) is -2.03. The Morgan fingerprint density at radius 1 is 1.21 bits per heavy atom. The lowest BCUT2D eigenvalue weighted by Crippen LogP contribution is -2.69. The fourth-order valence-electron chi connectivity index (χ4n) is 4.43. The fourth-order valence-corrected chi connectivity index (χ4v) is 4.86. The van der Waals surface area contributed by atoms with Gasteiger partial charge in [0.1, 0.15) is 0 Å². The zero-order chi connectivity index (χ0) is 23.3. The Morgan fingerprint density at radius 2 is 1.97 bits per heavy atom. The van der Waals surface area contributed by atoms with Gasteiger partial charge in [-0.1, -0.05) is 35.3 Å². The van der Waals surface area contributed by atoms with E-state index < -0.39 is 24.1 Å². The largest absolute Gasteiger partial charge is 0.452 e. The number of benzene rings is 1. The third-order valence-corrected chi connectivity index (χ3v) is 6.43. The van der Waals surface area contributed by atoms with Gasteiger partial charge in [-0.3, -0.25) is 19.3 Å². The molecule has 11 heteroatoms. The first-order valence-electron chi connectivity index (χ1n) is 10.4. The second-order valence-corrected chi connectivity index (χ2v) is 8.92. The van der Waals surface area contributed by atoms with Crippen molar-refractivity contribution < 1.29 is 23.9 Å². The van der Waals surface area contributed by atoms with Gasteiger partial charge in [0.25, 0.3) is 11.8 Å². The van der Waals surface area contributed by atoms with Gasteiger partial charge in [-0.15, -0.1) is 0 Å². The van der Waals surface area contributed by atoms with E-state index in [0.717, 1.165) is 12.8 Å². The van der Waals surface area contributed by atoms with Crippen LogP contribution in [0.5, 0.6) is 0 Å². The van der Waals surface area contributed by atoms with E-state index in [1.165, 1.54) is 22.1 Å². The Bertz CT molecular complexity index is 1200. The van der Waals surface area contributed by atoms with Gasteiger partial charge in [0.15, 0.2) is 12.4 Å². The molecule has 1 saturated carbocycles. The lowest BCUT2D eigenvalue weighted by molar-refractivity contribution is -0.159. The molecule has 1 unspecified atom stereocenters. The highest BCUT2D eigenvalue weighted by atomic mass is 35.5. The van der Waals surface area contributed by atoms with Crippen molar-refractivity contribution in [1.29, 1.82) is 0 Å². The first-order valence-corrected chi connectivity index (χ1v) is 11.1. The average Bonchev–Trinajstić information content (AvgIpc) is 3.56. The number of para-hydroxylation sites is 1. The van der Waals surface area contributed by atoms with Gasteiger partial charge < -0.3 is 15.0 Å². The zero-order valence-corrected chi connectivity index (χ0v) is 18.7. The first kappa shape index (κ1) is 21.7. The maximum absolute atomic E-state index is 13.5. The highest BCUT2D eigenvalue weighted by molar-refractivity contribution is 6.36. The number of hydrogen-bond acceptors (Lipinski definition) is 6. The number of esters is 1. The minimum Gasteiger partial charge on any atom is -0.452 e. The van der Waals surface area contributed by atoms with Crippen LogP contribution in [0.25, 0.3) is 0 Å². The third kappa shape index (κ3) is 3.52. The van der Waals surface area contributed by atoms with E-state index in [1.54, 1.807) is 24.3 Å². The summed E-state index contributed by atoms with van der Waals surface area (Å²) in [6.07, 6.45) is 2.94. The van der Waals surface area contributed by atoms with Crippen LogP contribution in [-0.4, -0.2) is 51.9 Å². The number of fused-ring (bicyclic) bond motifs is 3. The molecule has 2 aliphatic heterocycles. The molecule has 9 nitrogen and oxygen atoms in total. The Labute approximate surface area is 198 Å². The molecule has 0 spiro atoms. The SMILES string of the molecule is O=C(COC(=O)C12CCC(=O)N1c1ccccc1C(=O)N2C1CC1)Nc1ncc(Cl)cc1Cl. The number of aromatic nitrogens is 1. The number of rotatable bonds is 5. The molecule has 1 aromatic heterocycles. The predicted molar refractivity (Wildman–Crippen MR) is 119 cm³/mol. The molecule has 1 aromatic carbocycles. The minimum absolute atomic E-state index is 0.0688. The monoisotopic (exact) mass is 488 g/mol. The molecule has 3 amide bonds. The van der Waals surface area contributed by atoms with E-state index in [1.807, 2.05) is 0 Å². The van der Waals surface area contributed by atoms with Crippen LogP contribution in [0, 0.1) is 0 Å². The molecular weight excluding hydrogens is 471 g/mol. The van der Waals surface area contributed by atoms with Gasteiger partial charge >= 0.3 is 5.97 Å². The summed E-state index contributed by atoms with van der Waals surface area (Å²) >= 11 is 11.8. The van der Waals surface area contributed by atoms with Crippen LogP contribution in [0.15, 0.2) is 36.5 Å². The molecule has 2 fully saturated rings. The maximum atomic E-state index is 13.5. The normalized spacial score (nSPS) is 21.5. The van der Waals surface area contributed by atoms with Crippen molar-refractivity contribution in [1.82, 2.24) is 9.88 Å². The van der Waals surface area contributed by atoms with Gasteiger partial charge in [0.05, 0.1) is 21.3 Å². The molecule has 2 aromatic rings. The standard InChI is InChI=1S/C22H18Cl2N4O5/c23-12-9-15(24)19(25-10-12)26-17(29)11-33-21(32)22-8-7-18(30)28(22)16-4-2-1-3-14(16)20(31)27(22)13-5-6-13/h1-4,9-10,13H,5-8,11H2,(H,25,26,29). The molecule has 0 radical (unpaired) electrons. The third-order valence-electron chi connectivity index (χ3n) is 5.94. The summed E-state index contributed by atoms with van der Waals surface area (Å²) in [7, 11) is 0. The number of halogens is 2. The van der Waals surface area contributed by atoms with Crippen LogP contribution >= 0.6 is 23.2 Å². The minimum atomic E-state index is -1.61. The smallest absolute Gasteiger partial charge is 0.354 e. The number of nitrogens with one attached hydrogen (secondary N) is 1. The summed E-state index contributed by atoms with van der Waals surface area (Å²) in [6.45, 7) is -0.641. The predicted octanol–water partition coefficient (Wildman–Crippen LogP) is 3.01. The van der Waals surface area contributed by atoms with Gasteiger partial charge in [0, 0.05) is 25.1 Å². The van der Waals surface area contributed by atoms with Crippen LogP contribution in [0.4, 0.5) is 11.5 Å². The maximum Gasteiger partial charge on any atom is 0.354 e. The molecule has 5 rings (SSSR count). The highest BCUT2D eigenvalue weighted by Crippen LogP contribution is 2.49. The van der Waals surface area contributed by atoms with Crippen molar-refractivity contribution in [2.24, 2.45) is 0 Å². The number of anilines is 2. The van der Waals surface area contributed by atoms with E-state index in [-0.39, 0.29) is 41.5 Å². The molecule has 3 aliphatic rings. The summed E-state index contributed by atoms with van der Waals surface area (Å²) in [5.41, 5.74) is -0.870. The summed E-state index contributed by atoms with van der Waals surface area (Å²) in [4.78, 5) is 58.9. The summed E-state index contributed by atoms with van der Waals surface area (Å²) < 4.78 is 5.37. The number of ether oxygens (including phenoxy) is 1. The molecule has 170 valence electrons. The van der Waals surface area contributed by atoms with Crippen LogP contribution in [0.1, 0.15) is 36.0 Å². The van der Waals surface area contributed by atoms with Crippen molar-refractivity contribution in [3.8, 4) is 0 Å². The Morgan fingerprint density at radius 3 is 2.70 bits per heavy atom. The zero-order valence-electron chi connectivity index (χ0n) is 17.2. The number of nitrogens with zero attached hydrogens (tertiary/aromatic N) is 3. The molecule has 1 atom stereocenters. The number of pyridine rings is 1. The van der Waals surface area contributed by atoms with Crippen molar-refractivity contribution >= 4 is 58.4 Å². The van der Waals surface area contributed by atoms with Gasteiger partial charge in [0.2, 0.25) is 11.6 Å². The van der Waals surface area contributed by atoms with Crippen molar-refractivity contribution in [3.63, 3.8) is 0 Å². The lowest BCUT2D eigenvalue weighted by Gasteiger charge is -2.48. The van der Waals surface area contributed by atoms with Crippen LogP contribution in [0.3, 0.4) is 0 Å². The Kier molecular flexibility index (Phi) is 5.25. The highest BCUT2D eigenvalue weighted by Gasteiger charge is 2.64. The van der Waals surface area contributed by atoms with E-state index in [0.29, 0.717) is 16.3 Å². The fraction of sp³-hybridized carbons (Fsp3) is 0.318. The second kappa shape index (κ2) is 8.00. The van der Waals surface area contributed by atoms with Crippen molar-refractivity contribution in [3.05, 3.63) is 52.1 Å². The van der Waals surface area contributed by atoms with Crippen LogP contribution in [-0.2, 0) is 19.1 Å². The lowest BCUT2D eigenvalue weighted by atomic mass is 9.96. The molecule has 1 N–H and O–H groups in total. The molecule has 0 bridgehead atoms. The average molecular weight is 489 g/mol. The number of carbonyl (C=O) groups is 4. The molecular formula is C22H18Cl2N4O5. The topological polar surface area (TPSA) is 109 Å². The second-order valence-electron chi connectivity index (χ2n) is 8.08. The van der Waals surface area contributed by atoms with E-state index >= 15 is 0 Å². The van der Waals surface area contributed by atoms with Crippen LogP contribution < -0.4 is 10.2 Å². The molecule has 33 heavy (non-hydrogen) atoms. The van der Waals surface area contributed by atoms with Gasteiger partial charge in [-0.25, -0.2) is 9.78 Å². The van der Waals surface area contributed by atoms with Gasteiger partial charge in [-0.2, -0.15) is 0 Å². The van der Waals surface area contributed by atoms with Crippen molar-refractivity contribution in [2.45, 2.75) is 37.4 Å². The number of hydrogen-bond donors (Lipinski definition) is 1. The van der Waals surface area contributed by atoms with E-state index in [9.17, 15) is 19.2 Å². The van der Waals surface area contributed by atoms with Gasteiger partial charge in [-0.05, 0) is 31.0 Å². The van der Waals surface area contributed by atoms with Crippen LogP contribution in [0.2, 0.25) is 10.0 Å².